The van der Waals surface area contributed by atoms with Gasteiger partial charge in [0.05, 0.1) is 12.1 Å². The smallest absolute Gasteiger partial charge is 0.343 e. The van der Waals surface area contributed by atoms with E-state index in [1.807, 2.05) is 6.07 Å². The zero-order valence-electron chi connectivity index (χ0n) is 14.4. The molecular weight excluding hydrogens is 377 g/mol. The summed E-state index contributed by atoms with van der Waals surface area (Å²) in [4.78, 5) is 35.9. The molecule has 0 unspecified atom stereocenters. The summed E-state index contributed by atoms with van der Waals surface area (Å²) in [5.74, 6) is -3.31. The van der Waals surface area contributed by atoms with Gasteiger partial charge in [0, 0.05) is 6.42 Å². The highest BCUT2D eigenvalue weighted by Gasteiger charge is 2.23. The molecule has 0 saturated heterocycles. The highest BCUT2D eigenvalue weighted by molar-refractivity contribution is 6.33. The summed E-state index contributed by atoms with van der Waals surface area (Å²) in [5, 5.41) is 2.31. The van der Waals surface area contributed by atoms with Gasteiger partial charge >= 0.3 is 11.9 Å². The lowest BCUT2D eigenvalue weighted by atomic mass is 10.1. The Balaban J connectivity index is 1.97. The van der Waals surface area contributed by atoms with Gasteiger partial charge in [0.2, 0.25) is 0 Å². The number of nitrogens with one attached hydrogen (secondary N) is 1. The van der Waals surface area contributed by atoms with E-state index in [1.54, 1.807) is 24.3 Å². The molecule has 0 aliphatic carbocycles. The number of rotatable bonds is 7. The average Bonchev–Trinajstić information content (AvgIpc) is 2.66. The van der Waals surface area contributed by atoms with E-state index in [4.69, 9.17) is 16.3 Å². The third kappa shape index (κ3) is 5.79. The van der Waals surface area contributed by atoms with Gasteiger partial charge < -0.3 is 14.8 Å². The number of hydrogen-bond acceptors (Lipinski definition) is 5. The summed E-state index contributed by atoms with van der Waals surface area (Å²) in [7, 11) is 1.20. The maximum atomic E-state index is 13.7. The van der Waals surface area contributed by atoms with Crippen LogP contribution in [0.2, 0.25) is 5.02 Å². The summed E-state index contributed by atoms with van der Waals surface area (Å²) in [6.45, 7) is -0.703. The summed E-state index contributed by atoms with van der Waals surface area (Å²) < 4.78 is 23.2. The van der Waals surface area contributed by atoms with Crippen molar-refractivity contribution in [1.29, 1.82) is 0 Å². The van der Waals surface area contributed by atoms with Crippen LogP contribution in [0.15, 0.2) is 48.5 Å². The molecule has 142 valence electrons. The molecule has 27 heavy (non-hydrogen) atoms. The first-order chi connectivity index (χ1) is 12.9. The van der Waals surface area contributed by atoms with Crippen LogP contribution in [-0.4, -0.2) is 37.6 Å². The monoisotopic (exact) mass is 393 g/mol. The molecule has 6 nitrogen and oxygen atoms in total. The predicted octanol–water partition coefficient (Wildman–Crippen LogP) is 2.54. The van der Waals surface area contributed by atoms with Crippen LogP contribution in [0.5, 0.6) is 0 Å². The topological polar surface area (TPSA) is 81.7 Å². The minimum atomic E-state index is -1.08. The van der Waals surface area contributed by atoms with Crippen molar-refractivity contribution in [3.63, 3.8) is 0 Å². The SMILES string of the molecule is COC(=O)[C@H](Cc1ccccc1)NC(=O)COC(=O)c1c(F)cccc1Cl. The normalized spacial score (nSPS) is 11.4. The Kier molecular flexibility index (Phi) is 7.31. The van der Waals surface area contributed by atoms with Crippen molar-refractivity contribution >= 4 is 29.4 Å². The quantitative estimate of drug-likeness (QED) is 0.731. The Morgan fingerprint density at radius 2 is 1.81 bits per heavy atom. The van der Waals surface area contributed by atoms with E-state index in [2.05, 4.69) is 10.1 Å². The van der Waals surface area contributed by atoms with Crippen molar-refractivity contribution in [3.8, 4) is 0 Å². The second-order valence-corrected chi connectivity index (χ2v) is 5.91. The fourth-order valence-corrected chi connectivity index (χ4v) is 2.56. The molecule has 0 heterocycles. The van der Waals surface area contributed by atoms with Gasteiger partial charge in [-0.1, -0.05) is 48.0 Å². The van der Waals surface area contributed by atoms with E-state index >= 15 is 0 Å². The summed E-state index contributed by atoms with van der Waals surface area (Å²) in [6, 6.07) is 11.8. The van der Waals surface area contributed by atoms with E-state index in [1.165, 1.54) is 19.2 Å². The molecule has 1 N–H and O–H groups in total. The number of amides is 1. The number of ether oxygens (including phenoxy) is 2. The lowest BCUT2D eigenvalue weighted by Gasteiger charge is -2.16. The van der Waals surface area contributed by atoms with E-state index in [0.717, 1.165) is 11.6 Å². The van der Waals surface area contributed by atoms with Gasteiger partial charge in [0.15, 0.2) is 6.61 Å². The first-order valence-electron chi connectivity index (χ1n) is 7.94. The predicted molar refractivity (Wildman–Crippen MR) is 95.8 cm³/mol. The number of methoxy groups -OCH3 is 1. The summed E-state index contributed by atoms with van der Waals surface area (Å²) in [5.41, 5.74) is 0.351. The van der Waals surface area contributed by atoms with Crippen LogP contribution in [0.3, 0.4) is 0 Å². The van der Waals surface area contributed by atoms with Gasteiger partial charge in [0.25, 0.3) is 5.91 Å². The molecule has 0 aliphatic rings. The molecular formula is C19H17ClFNO5. The van der Waals surface area contributed by atoms with Crippen molar-refractivity contribution in [2.45, 2.75) is 12.5 Å². The van der Waals surface area contributed by atoms with Gasteiger partial charge in [-0.2, -0.15) is 0 Å². The lowest BCUT2D eigenvalue weighted by molar-refractivity contribution is -0.145. The highest BCUT2D eigenvalue weighted by Crippen LogP contribution is 2.19. The minimum absolute atomic E-state index is 0.128. The maximum Gasteiger partial charge on any atom is 0.343 e. The summed E-state index contributed by atoms with van der Waals surface area (Å²) >= 11 is 5.77. The minimum Gasteiger partial charge on any atom is -0.467 e. The maximum absolute atomic E-state index is 13.7. The Morgan fingerprint density at radius 3 is 2.44 bits per heavy atom. The van der Waals surface area contributed by atoms with Gasteiger partial charge in [-0.3, -0.25) is 4.79 Å². The Bertz CT molecular complexity index is 808. The molecule has 2 rings (SSSR count). The molecule has 0 spiro atoms. The molecule has 1 amide bonds. The van der Waals surface area contributed by atoms with Crippen LogP contribution in [0, 0.1) is 5.82 Å². The standard InChI is InChI=1S/C19H17ClFNO5/c1-26-18(24)15(10-12-6-3-2-4-7-12)22-16(23)11-27-19(25)17-13(20)8-5-9-14(17)21/h2-9,15H,10-11H2,1H3,(H,22,23)/t15-/m0/s1. The second-order valence-electron chi connectivity index (χ2n) is 5.51. The number of esters is 2. The van der Waals surface area contributed by atoms with Crippen molar-refractivity contribution in [1.82, 2.24) is 5.32 Å². The number of benzene rings is 2. The Hall–Kier alpha value is -2.93. The third-order valence-electron chi connectivity index (χ3n) is 3.60. The fourth-order valence-electron chi connectivity index (χ4n) is 2.32. The van der Waals surface area contributed by atoms with Crippen molar-refractivity contribution in [2.24, 2.45) is 0 Å². The first kappa shape index (κ1) is 20.4. The second kappa shape index (κ2) is 9.68. The van der Waals surface area contributed by atoms with Gasteiger partial charge in [0.1, 0.15) is 17.4 Å². The van der Waals surface area contributed by atoms with Crippen LogP contribution in [0.25, 0.3) is 0 Å². The van der Waals surface area contributed by atoms with E-state index in [0.29, 0.717) is 0 Å². The Morgan fingerprint density at radius 1 is 1.11 bits per heavy atom. The largest absolute Gasteiger partial charge is 0.467 e. The lowest BCUT2D eigenvalue weighted by Crippen LogP contribution is -2.44. The molecule has 0 aromatic heterocycles. The molecule has 0 radical (unpaired) electrons. The van der Waals surface area contributed by atoms with Crippen molar-refractivity contribution in [2.75, 3.05) is 13.7 Å². The molecule has 2 aromatic rings. The van der Waals surface area contributed by atoms with E-state index in [-0.39, 0.29) is 11.4 Å². The van der Waals surface area contributed by atoms with Crippen LogP contribution in [0.4, 0.5) is 4.39 Å². The van der Waals surface area contributed by atoms with E-state index < -0.39 is 41.9 Å². The zero-order valence-corrected chi connectivity index (χ0v) is 15.2. The molecule has 2 aromatic carbocycles. The zero-order chi connectivity index (χ0) is 19.8. The van der Waals surface area contributed by atoms with E-state index in [9.17, 15) is 18.8 Å². The summed E-state index contributed by atoms with van der Waals surface area (Å²) in [6.07, 6.45) is 0.201. The third-order valence-corrected chi connectivity index (χ3v) is 3.92. The fraction of sp³-hybridized carbons (Fsp3) is 0.211. The molecule has 0 aliphatic heterocycles. The molecule has 0 saturated carbocycles. The Labute approximate surface area is 160 Å². The number of halogens is 2. The first-order valence-corrected chi connectivity index (χ1v) is 8.32. The van der Waals surface area contributed by atoms with Gasteiger partial charge in [-0.05, 0) is 17.7 Å². The van der Waals surface area contributed by atoms with Crippen LogP contribution in [-0.2, 0) is 25.5 Å². The molecule has 8 heteroatoms. The van der Waals surface area contributed by atoms with Crippen LogP contribution in [0.1, 0.15) is 15.9 Å². The average molecular weight is 394 g/mol. The van der Waals surface area contributed by atoms with Crippen molar-refractivity contribution in [3.05, 3.63) is 70.5 Å². The number of carbonyl (C=O) groups excluding carboxylic acids is 3. The number of carbonyl (C=O) groups is 3. The van der Waals surface area contributed by atoms with Crippen LogP contribution >= 0.6 is 11.6 Å². The highest BCUT2D eigenvalue weighted by atomic mass is 35.5. The molecule has 0 bridgehead atoms. The van der Waals surface area contributed by atoms with Gasteiger partial charge in [-0.25, -0.2) is 14.0 Å². The van der Waals surface area contributed by atoms with Gasteiger partial charge in [-0.15, -0.1) is 0 Å². The number of hydrogen-bond donors (Lipinski definition) is 1. The molecule has 0 fully saturated rings. The van der Waals surface area contributed by atoms with Crippen molar-refractivity contribution < 1.29 is 28.2 Å². The van der Waals surface area contributed by atoms with Crippen LogP contribution < -0.4 is 5.32 Å². The molecule has 1 atom stereocenters.